The summed E-state index contributed by atoms with van der Waals surface area (Å²) in [5.41, 5.74) is 1.16. The van der Waals surface area contributed by atoms with Crippen LogP contribution in [0.15, 0.2) is 60.8 Å². The van der Waals surface area contributed by atoms with Gasteiger partial charge in [-0.1, -0.05) is 41.4 Å². The standard InChI is InChI=1S/C20H11Cl2N5O/c21-14-6-7-16(22)15(9-14)20(28)26-19-13(10-23)11-24-27(19)18-8-5-12-3-1-2-4-17(12)25-18/h1-9,11H,(H,26,28). The number of anilines is 1. The highest BCUT2D eigenvalue weighted by Gasteiger charge is 2.19. The van der Waals surface area contributed by atoms with Crippen LogP contribution >= 0.6 is 23.2 Å². The number of halogens is 2. The summed E-state index contributed by atoms with van der Waals surface area (Å²) < 4.78 is 1.40. The SMILES string of the molecule is N#Cc1cnn(-c2ccc3ccccc3n2)c1NC(=O)c1cc(Cl)ccc1Cl. The first-order chi connectivity index (χ1) is 13.6. The molecule has 2 heterocycles. The zero-order valence-electron chi connectivity index (χ0n) is 14.2. The van der Waals surface area contributed by atoms with Crippen molar-refractivity contribution in [3.05, 3.63) is 82.0 Å². The van der Waals surface area contributed by atoms with E-state index >= 15 is 0 Å². The number of nitrogens with zero attached hydrogens (tertiary/aromatic N) is 4. The molecule has 6 nitrogen and oxygen atoms in total. The molecule has 0 spiro atoms. The minimum atomic E-state index is -0.508. The van der Waals surface area contributed by atoms with Crippen LogP contribution in [-0.4, -0.2) is 20.7 Å². The van der Waals surface area contributed by atoms with Gasteiger partial charge in [0, 0.05) is 10.4 Å². The van der Waals surface area contributed by atoms with Crippen molar-refractivity contribution in [2.24, 2.45) is 0 Å². The van der Waals surface area contributed by atoms with Crippen molar-refractivity contribution >= 4 is 45.8 Å². The monoisotopic (exact) mass is 407 g/mol. The number of para-hydroxylation sites is 1. The molecule has 0 aliphatic rings. The summed E-state index contributed by atoms with van der Waals surface area (Å²) in [7, 11) is 0. The molecule has 8 heteroatoms. The molecule has 0 unspecified atom stereocenters. The quantitative estimate of drug-likeness (QED) is 0.525. The van der Waals surface area contributed by atoms with Gasteiger partial charge in [-0.05, 0) is 36.4 Å². The van der Waals surface area contributed by atoms with E-state index in [1.165, 1.54) is 23.0 Å². The van der Waals surface area contributed by atoms with Gasteiger partial charge in [-0.25, -0.2) is 4.98 Å². The molecule has 0 saturated carbocycles. The zero-order valence-corrected chi connectivity index (χ0v) is 15.7. The molecule has 0 saturated heterocycles. The Morgan fingerprint density at radius 3 is 2.75 bits per heavy atom. The van der Waals surface area contributed by atoms with Crippen molar-refractivity contribution in [3.63, 3.8) is 0 Å². The Bertz CT molecular complexity index is 1260. The number of benzene rings is 2. The van der Waals surface area contributed by atoms with Crippen LogP contribution in [0.4, 0.5) is 5.82 Å². The fourth-order valence-corrected chi connectivity index (χ4v) is 3.12. The van der Waals surface area contributed by atoms with E-state index in [0.717, 1.165) is 10.9 Å². The summed E-state index contributed by atoms with van der Waals surface area (Å²) >= 11 is 12.1. The van der Waals surface area contributed by atoms with Gasteiger partial charge >= 0.3 is 0 Å². The Hall–Kier alpha value is -3.40. The van der Waals surface area contributed by atoms with E-state index in [1.807, 2.05) is 36.4 Å². The third-order valence-electron chi connectivity index (χ3n) is 4.10. The summed E-state index contributed by atoms with van der Waals surface area (Å²) in [6.45, 7) is 0. The first kappa shape index (κ1) is 18.0. The number of amides is 1. The minimum absolute atomic E-state index is 0.192. The number of hydrogen-bond acceptors (Lipinski definition) is 4. The number of carbonyl (C=O) groups excluding carboxylic acids is 1. The van der Waals surface area contributed by atoms with E-state index in [2.05, 4.69) is 15.4 Å². The van der Waals surface area contributed by atoms with Crippen molar-refractivity contribution in [1.82, 2.24) is 14.8 Å². The van der Waals surface area contributed by atoms with Crippen LogP contribution in [0.5, 0.6) is 0 Å². The normalized spacial score (nSPS) is 10.6. The van der Waals surface area contributed by atoms with E-state index < -0.39 is 5.91 Å². The van der Waals surface area contributed by atoms with E-state index in [-0.39, 0.29) is 22.0 Å². The molecule has 0 atom stereocenters. The number of hydrogen-bond donors (Lipinski definition) is 1. The minimum Gasteiger partial charge on any atom is -0.305 e. The molecule has 4 rings (SSSR count). The van der Waals surface area contributed by atoms with Crippen LogP contribution in [0.1, 0.15) is 15.9 Å². The number of nitrogens with one attached hydrogen (secondary N) is 1. The lowest BCUT2D eigenvalue weighted by molar-refractivity contribution is 0.102. The zero-order chi connectivity index (χ0) is 19.7. The molecule has 0 aliphatic carbocycles. The summed E-state index contributed by atoms with van der Waals surface area (Å²) in [5.74, 6) is 0.158. The first-order valence-electron chi connectivity index (χ1n) is 8.17. The van der Waals surface area contributed by atoms with E-state index in [0.29, 0.717) is 10.8 Å². The first-order valence-corrected chi connectivity index (χ1v) is 8.93. The molecule has 0 aliphatic heterocycles. The Morgan fingerprint density at radius 1 is 1.11 bits per heavy atom. The lowest BCUT2D eigenvalue weighted by atomic mass is 10.2. The van der Waals surface area contributed by atoms with Crippen LogP contribution in [0, 0.1) is 11.3 Å². The van der Waals surface area contributed by atoms with Crippen molar-refractivity contribution in [2.75, 3.05) is 5.32 Å². The second-order valence-corrected chi connectivity index (χ2v) is 6.71. The predicted molar refractivity (Wildman–Crippen MR) is 108 cm³/mol. The van der Waals surface area contributed by atoms with Crippen LogP contribution in [-0.2, 0) is 0 Å². The second kappa shape index (κ2) is 7.31. The summed E-state index contributed by atoms with van der Waals surface area (Å²) in [5, 5.41) is 17.9. The van der Waals surface area contributed by atoms with Crippen molar-refractivity contribution < 1.29 is 4.79 Å². The van der Waals surface area contributed by atoms with Crippen LogP contribution in [0.2, 0.25) is 10.0 Å². The number of fused-ring (bicyclic) bond motifs is 1. The number of nitriles is 1. The summed E-state index contributed by atoms with van der Waals surface area (Å²) in [6.07, 6.45) is 1.37. The Labute approximate surface area is 169 Å². The Balaban J connectivity index is 1.77. The van der Waals surface area contributed by atoms with Gasteiger partial charge in [0.05, 0.1) is 22.3 Å². The van der Waals surface area contributed by atoms with Gasteiger partial charge in [-0.2, -0.15) is 15.0 Å². The van der Waals surface area contributed by atoms with E-state index in [4.69, 9.17) is 23.2 Å². The summed E-state index contributed by atoms with van der Waals surface area (Å²) in [4.78, 5) is 17.3. The average Bonchev–Trinajstić information content (AvgIpc) is 3.11. The van der Waals surface area contributed by atoms with Gasteiger partial charge in [0.15, 0.2) is 11.6 Å². The van der Waals surface area contributed by atoms with Gasteiger partial charge in [-0.3, -0.25) is 4.79 Å². The largest absolute Gasteiger partial charge is 0.305 e. The van der Waals surface area contributed by atoms with E-state index in [9.17, 15) is 10.1 Å². The maximum absolute atomic E-state index is 12.7. The Morgan fingerprint density at radius 2 is 1.93 bits per heavy atom. The molecule has 136 valence electrons. The lowest BCUT2D eigenvalue weighted by Gasteiger charge is -2.10. The third-order valence-corrected chi connectivity index (χ3v) is 4.66. The van der Waals surface area contributed by atoms with Gasteiger partial charge in [0.25, 0.3) is 5.91 Å². The molecule has 2 aromatic heterocycles. The molecular weight excluding hydrogens is 397 g/mol. The molecule has 0 radical (unpaired) electrons. The second-order valence-electron chi connectivity index (χ2n) is 5.87. The molecule has 28 heavy (non-hydrogen) atoms. The topological polar surface area (TPSA) is 83.6 Å². The smallest absolute Gasteiger partial charge is 0.258 e. The van der Waals surface area contributed by atoms with Gasteiger partial charge < -0.3 is 5.32 Å². The van der Waals surface area contributed by atoms with Crippen LogP contribution in [0.3, 0.4) is 0 Å². The van der Waals surface area contributed by atoms with Crippen molar-refractivity contribution in [3.8, 4) is 11.9 Å². The molecule has 4 aromatic rings. The molecule has 0 bridgehead atoms. The number of aromatic nitrogens is 3. The van der Waals surface area contributed by atoms with Gasteiger partial charge in [-0.15, -0.1) is 0 Å². The summed E-state index contributed by atoms with van der Waals surface area (Å²) in [6, 6.07) is 17.9. The maximum atomic E-state index is 12.7. The molecule has 1 amide bonds. The fourth-order valence-electron chi connectivity index (χ4n) is 2.74. The lowest BCUT2D eigenvalue weighted by Crippen LogP contribution is -2.17. The van der Waals surface area contributed by atoms with Gasteiger partial charge in [0.1, 0.15) is 11.6 Å². The highest BCUT2D eigenvalue weighted by atomic mass is 35.5. The van der Waals surface area contributed by atoms with Crippen molar-refractivity contribution in [1.29, 1.82) is 5.26 Å². The third kappa shape index (κ3) is 3.29. The average molecular weight is 408 g/mol. The van der Waals surface area contributed by atoms with Crippen LogP contribution < -0.4 is 5.32 Å². The van der Waals surface area contributed by atoms with Crippen LogP contribution in [0.25, 0.3) is 16.7 Å². The molecular formula is C20H11Cl2N5O. The number of carbonyl (C=O) groups is 1. The van der Waals surface area contributed by atoms with E-state index in [1.54, 1.807) is 12.1 Å². The number of pyridine rings is 1. The molecule has 0 fully saturated rings. The molecule has 1 N–H and O–H groups in total. The number of rotatable bonds is 3. The Kier molecular flexibility index (Phi) is 4.70. The molecule has 2 aromatic carbocycles. The highest BCUT2D eigenvalue weighted by Crippen LogP contribution is 2.25. The van der Waals surface area contributed by atoms with Gasteiger partial charge in [0.2, 0.25) is 0 Å². The predicted octanol–water partition coefficient (Wildman–Crippen LogP) is 4.85. The highest BCUT2D eigenvalue weighted by molar-refractivity contribution is 6.36. The fraction of sp³-hybridized carbons (Fsp3) is 0. The maximum Gasteiger partial charge on any atom is 0.258 e. The van der Waals surface area contributed by atoms with Crippen molar-refractivity contribution in [2.45, 2.75) is 0 Å².